The molecule has 0 saturated heterocycles. The van der Waals surface area contributed by atoms with Gasteiger partial charge in [-0.1, -0.05) is 31.4 Å². The van der Waals surface area contributed by atoms with E-state index in [9.17, 15) is 0 Å². The Bertz CT molecular complexity index is 1020. The first-order valence-corrected chi connectivity index (χ1v) is 12.4. The summed E-state index contributed by atoms with van der Waals surface area (Å²) >= 11 is 1.67. The van der Waals surface area contributed by atoms with Gasteiger partial charge in [0.05, 0.1) is 17.8 Å². The van der Waals surface area contributed by atoms with Crippen LogP contribution in [-0.2, 0) is 11.3 Å². The standard InChI is InChI=1S/C25H34FN3OS/c1-17(2)28(13-14-30-4)15-19-16-31-25(27-19)23-18(3)29(20-9-6-5-7-10-20)24-21(23)11-8-12-22(24)26/h8,11-12,16-17,20H,5-7,9-10,13-15H2,1-4H3. The molecule has 1 aromatic carbocycles. The molecule has 3 aromatic rings. The van der Waals surface area contributed by atoms with Crippen LogP contribution in [0.5, 0.6) is 0 Å². The molecule has 1 fully saturated rings. The average Bonchev–Trinajstić information content (AvgIpc) is 3.33. The molecule has 6 heteroatoms. The number of thiazole rings is 1. The molecular weight excluding hydrogens is 409 g/mol. The fourth-order valence-electron chi connectivity index (χ4n) is 4.94. The molecular formula is C25H34FN3OS. The van der Waals surface area contributed by atoms with Gasteiger partial charge in [0.25, 0.3) is 0 Å². The van der Waals surface area contributed by atoms with E-state index in [1.807, 2.05) is 6.07 Å². The molecule has 0 N–H and O–H groups in total. The Labute approximate surface area is 189 Å². The Morgan fingerprint density at radius 3 is 2.74 bits per heavy atom. The smallest absolute Gasteiger partial charge is 0.147 e. The Morgan fingerprint density at radius 1 is 1.26 bits per heavy atom. The normalized spacial score (nSPS) is 15.6. The van der Waals surface area contributed by atoms with Gasteiger partial charge in [0.1, 0.15) is 10.8 Å². The number of aromatic nitrogens is 2. The second kappa shape index (κ2) is 9.80. The van der Waals surface area contributed by atoms with Crippen molar-refractivity contribution in [3.63, 3.8) is 0 Å². The Balaban J connectivity index is 1.72. The van der Waals surface area contributed by atoms with Crippen LogP contribution < -0.4 is 0 Å². The van der Waals surface area contributed by atoms with Crippen LogP contribution in [0.25, 0.3) is 21.5 Å². The Morgan fingerprint density at radius 2 is 2.03 bits per heavy atom. The number of ether oxygens (including phenoxy) is 1. The summed E-state index contributed by atoms with van der Waals surface area (Å²) in [5.41, 5.74) is 4.07. The lowest BCUT2D eigenvalue weighted by atomic mass is 9.95. The summed E-state index contributed by atoms with van der Waals surface area (Å²) in [6.45, 7) is 8.94. The highest BCUT2D eigenvalue weighted by Gasteiger charge is 2.26. The molecule has 4 nitrogen and oxygen atoms in total. The minimum absolute atomic E-state index is 0.125. The van der Waals surface area contributed by atoms with Crippen molar-refractivity contribution in [1.82, 2.24) is 14.5 Å². The summed E-state index contributed by atoms with van der Waals surface area (Å²) in [6, 6.07) is 6.27. The summed E-state index contributed by atoms with van der Waals surface area (Å²) in [6.07, 6.45) is 5.99. The van der Waals surface area contributed by atoms with E-state index in [1.54, 1.807) is 24.5 Å². The van der Waals surface area contributed by atoms with E-state index >= 15 is 4.39 Å². The van der Waals surface area contributed by atoms with Crippen molar-refractivity contribution in [2.45, 2.75) is 71.5 Å². The number of methoxy groups -OCH3 is 1. The molecule has 2 aromatic heterocycles. The molecule has 0 spiro atoms. The fraction of sp³-hybridized carbons (Fsp3) is 0.560. The number of halogens is 1. The molecule has 4 rings (SSSR count). The van der Waals surface area contributed by atoms with Crippen LogP contribution >= 0.6 is 11.3 Å². The lowest BCUT2D eigenvalue weighted by molar-refractivity contribution is 0.124. The highest BCUT2D eigenvalue weighted by atomic mass is 32.1. The zero-order chi connectivity index (χ0) is 22.0. The van der Waals surface area contributed by atoms with E-state index in [0.29, 0.717) is 18.7 Å². The van der Waals surface area contributed by atoms with Gasteiger partial charge in [-0.15, -0.1) is 11.3 Å². The maximum absolute atomic E-state index is 15.0. The highest BCUT2D eigenvalue weighted by Crippen LogP contribution is 2.42. The number of fused-ring (bicyclic) bond motifs is 1. The van der Waals surface area contributed by atoms with Crippen LogP contribution in [0, 0.1) is 12.7 Å². The highest BCUT2D eigenvalue weighted by molar-refractivity contribution is 7.13. The molecule has 0 radical (unpaired) electrons. The van der Waals surface area contributed by atoms with Gasteiger partial charge in [0, 0.05) is 54.3 Å². The van der Waals surface area contributed by atoms with Crippen molar-refractivity contribution in [3.8, 4) is 10.6 Å². The Hall–Kier alpha value is -1.76. The number of hydrogen-bond donors (Lipinski definition) is 0. The number of hydrogen-bond acceptors (Lipinski definition) is 4. The van der Waals surface area contributed by atoms with Crippen LogP contribution in [0.15, 0.2) is 23.6 Å². The van der Waals surface area contributed by atoms with Gasteiger partial charge in [-0.05, 0) is 39.7 Å². The minimum Gasteiger partial charge on any atom is -0.383 e. The van der Waals surface area contributed by atoms with E-state index in [0.717, 1.165) is 58.8 Å². The third-order valence-electron chi connectivity index (χ3n) is 6.60. The number of para-hydroxylation sites is 1. The zero-order valence-corrected chi connectivity index (χ0v) is 20.0. The molecule has 0 unspecified atom stereocenters. The van der Waals surface area contributed by atoms with Crippen LogP contribution in [0.2, 0.25) is 0 Å². The predicted octanol–water partition coefficient (Wildman–Crippen LogP) is 6.57. The second-order valence-electron chi connectivity index (χ2n) is 8.96. The first kappa shape index (κ1) is 22.4. The topological polar surface area (TPSA) is 30.3 Å². The van der Waals surface area contributed by atoms with E-state index < -0.39 is 0 Å². The van der Waals surface area contributed by atoms with E-state index in [4.69, 9.17) is 9.72 Å². The van der Waals surface area contributed by atoms with E-state index in [1.165, 1.54) is 19.3 Å². The fourth-order valence-corrected chi connectivity index (χ4v) is 5.86. The van der Waals surface area contributed by atoms with Crippen LogP contribution in [0.3, 0.4) is 0 Å². The van der Waals surface area contributed by atoms with Crippen molar-refractivity contribution in [3.05, 3.63) is 40.8 Å². The lowest BCUT2D eigenvalue weighted by Crippen LogP contribution is -2.33. The van der Waals surface area contributed by atoms with Crippen molar-refractivity contribution < 1.29 is 9.13 Å². The van der Waals surface area contributed by atoms with Gasteiger partial charge in [0.2, 0.25) is 0 Å². The van der Waals surface area contributed by atoms with Gasteiger partial charge in [-0.25, -0.2) is 9.37 Å². The zero-order valence-electron chi connectivity index (χ0n) is 19.2. The first-order chi connectivity index (χ1) is 15.0. The second-order valence-corrected chi connectivity index (χ2v) is 9.82. The summed E-state index contributed by atoms with van der Waals surface area (Å²) < 4.78 is 22.6. The van der Waals surface area contributed by atoms with Crippen LogP contribution in [0.4, 0.5) is 4.39 Å². The molecule has 1 saturated carbocycles. The number of rotatable bonds is 8. The largest absolute Gasteiger partial charge is 0.383 e. The summed E-state index contributed by atoms with van der Waals surface area (Å²) in [5.74, 6) is -0.125. The average molecular weight is 444 g/mol. The van der Waals surface area contributed by atoms with Gasteiger partial charge in [-0.2, -0.15) is 0 Å². The van der Waals surface area contributed by atoms with Crippen LogP contribution in [0.1, 0.15) is 63.4 Å². The molecule has 1 aliphatic rings. The van der Waals surface area contributed by atoms with Crippen LogP contribution in [-0.4, -0.2) is 40.8 Å². The van der Waals surface area contributed by atoms with Crippen molar-refractivity contribution >= 4 is 22.2 Å². The van der Waals surface area contributed by atoms with Gasteiger partial charge in [0.15, 0.2) is 0 Å². The molecule has 31 heavy (non-hydrogen) atoms. The predicted molar refractivity (Wildman–Crippen MR) is 127 cm³/mol. The molecule has 2 heterocycles. The lowest BCUT2D eigenvalue weighted by Gasteiger charge is -2.26. The van der Waals surface area contributed by atoms with Gasteiger partial charge in [-0.3, -0.25) is 4.90 Å². The Kier molecular flexibility index (Phi) is 7.09. The van der Waals surface area contributed by atoms with E-state index in [2.05, 4.69) is 41.7 Å². The molecule has 0 amide bonds. The third-order valence-corrected chi connectivity index (χ3v) is 7.51. The van der Waals surface area contributed by atoms with Gasteiger partial charge >= 0.3 is 0 Å². The summed E-state index contributed by atoms with van der Waals surface area (Å²) in [4.78, 5) is 7.39. The summed E-state index contributed by atoms with van der Waals surface area (Å²) in [7, 11) is 1.74. The van der Waals surface area contributed by atoms with Crippen molar-refractivity contribution in [1.29, 1.82) is 0 Å². The van der Waals surface area contributed by atoms with Crippen molar-refractivity contribution in [2.75, 3.05) is 20.3 Å². The van der Waals surface area contributed by atoms with E-state index in [-0.39, 0.29) is 5.82 Å². The monoisotopic (exact) mass is 443 g/mol. The summed E-state index contributed by atoms with van der Waals surface area (Å²) in [5, 5.41) is 4.14. The third kappa shape index (κ3) is 4.57. The maximum atomic E-state index is 15.0. The molecule has 0 atom stereocenters. The molecule has 0 aliphatic heterocycles. The quantitative estimate of drug-likeness (QED) is 0.394. The van der Waals surface area contributed by atoms with Gasteiger partial charge < -0.3 is 9.30 Å². The minimum atomic E-state index is -0.125. The molecule has 1 aliphatic carbocycles. The maximum Gasteiger partial charge on any atom is 0.147 e. The van der Waals surface area contributed by atoms with Crippen molar-refractivity contribution in [2.24, 2.45) is 0 Å². The SMILES string of the molecule is COCCN(Cc1csc(-c2c(C)n(C3CCCCC3)c3c(F)cccc23)n1)C(C)C. The molecule has 0 bridgehead atoms. The molecule has 168 valence electrons. The first-order valence-electron chi connectivity index (χ1n) is 11.5. The number of benzene rings is 1. The number of nitrogens with zero attached hydrogens (tertiary/aromatic N) is 3.